The van der Waals surface area contributed by atoms with E-state index >= 15 is 0 Å². The van der Waals surface area contributed by atoms with Crippen LogP contribution in [-0.4, -0.2) is 41.4 Å². The van der Waals surface area contributed by atoms with Gasteiger partial charge in [0, 0.05) is 11.0 Å². The van der Waals surface area contributed by atoms with E-state index in [2.05, 4.69) is 26.6 Å². The first kappa shape index (κ1) is 14.0. The molecule has 1 spiro atoms. The molecule has 0 aliphatic carbocycles. The molecule has 2 aliphatic rings. The van der Waals surface area contributed by atoms with Crippen LogP contribution in [0.2, 0.25) is 0 Å². The molecular formula is C13H11BrFN3O3. The van der Waals surface area contributed by atoms with Crippen molar-refractivity contribution < 1.29 is 18.8 Å². The van der Waals surface area contributed by atoms with Gasteiger partial charge < -0.3 is 10.2 Å². The fraction of sp³-hybridized carbons (Fsp3) is 0.308. The van der Waals surface area contributed by atoms with E-state index in [-0.39, 0.29) is 18.7 Å². The van der Waals surface area contributed by atoms with E-state index in [9.17, 15) is 18.8 Å². The summed E-state index contributed by atoms with van der Waals surface area (Å²) in [5, 5.41) is 4.70. The number of carbonyl (C=O) groups is 3. The zero-order chi connectivity index (χ0) is 15.2. The standard InChI is InChI=1S/C13H11BrFN3O3/c14-7-1-2-8(9(15)5-7)10(19)18-4-3-13(6-18)11(20)16-12(21)17-13/h1-2,5H,3-4,6H2,(H2,16,17,20,21). The smallest absolute Gasteiger partial charge is 0.322 e. The number of halogens is 2. The SMILES string of the molecule is O=C1NC(=O)C2(CCN(C(=O)c3ccc(Br)cc3F)C2)N1. The molecule has 2 N–H and O–H groups in total. The number of benzene rings is 1. The molecule has 3 rings (SSSR count). The molecule has 1 aromatic carbocycles. The van der Waals surface area contributed by atoms with Gasteiger partial charge >= 0.3 is 6.03 Å². The fourth-order valence-corrected chi connectivity index (χ4v) is 2.96. The first-order valence-corrected chi connectivity index (χ1v) is 7.08. The van der Waals surface area contributed by atoms with Gasteiger partial charge in [-0.1, -0.05) is 15.9 Å². The van der Waals surface area contributed by atoms with E-state index < -0.39 is 29.2 Å². The number of hydrogen-bond acceptors (Lipinski definition) is 3. The summed E-state index contributed by atoms with van der Waals surface area (Å²) < 4.78 is 14.4. The lowest BCUT2D eigenvalue weighted by molar-refractivity contribution is -0.123. The summed E-state index contributed by atoms with van der Waals surface area (Å²) in [5.74, 6) is -1.57. The molecule has 8 heteroatoms. The first-order chi connectivity index (χ1) is 9.91. The predicted molar refractivity (Wildman–Crippen MR) is 74.0 cm³/mol. The summed E-state index contributed by atoms with van der Waals surface area (Å²) in [7, 11) is 0. The predicted octanol–water partition coefficient (Wildman–Crippen LogP) is 1.01. The van der Waals surface area contributed by atoms with Crippen molar-refractivity contribution in [1.82, 2.24) is 15.5 Å². The third-order valence-electron chi connectivity index (χ3n) is 3.73. The van der Waals surface area contributed by atoms with Crippen LogP contribution in [0.25, 0.3) is 0 Å². The maximum absolute atomic E-state index is 13.8. The van der Waals surface area contributed by atoms with Crippen molar-refractivity contribution in [2.24, 2.45) is 0 Å². The van der Waals surface area contributed by atoms with Gasteiger partial charge in [-0.2, -0.15) is 0 Å². The Morgan fingerprint density at radius 1 is 1.38 bits per heavy atom. The average Bonchev–Trinajstić information content (AvgIpc) is 2.94. The summed E-state index contributed by atoms with van der Waals surface area (Å²) >= 11 is 3.13. The molecule has 4 amide bonds. The van der Waals surface area contributed by atoms with E-state index in [1.165, 1.54) is 17.0 Å². The van der Waals surface area contributed by atoms with Crippen LogP contribution in [0, 0.1) is 5.82 Å². The Morgan fingerprint density at radius 3 is 2.76 bits per heavy atom. The van der Waals surface area contributed by atoms with Crippen LogP contribution < -0.4 is 10.6 Å². The lowest BCUT2D eigenvalue weighted by Gasteiger charge is -2.21. The van der Waals surface area contributed by atoms with Crippen molar-refractivity contribution in [2.75, 3.05) is 13.1 Å². The minimum Gasteiger partial charge on any atom is -0.336 e. The third-order valence-corrected chi connectivity index (χ3v) is 4.23. The molecule has 0 radical (unpaired) electrons. The highest BCUT2D eigenvalue weighted by atomic mass is 79.9. The highest BCUT2D eigenvalue weighted by Crippen LogP contribution is 2.27. The highest BCUT2D eigenvalue weighted by molar-refractivity contribution is 9.10. The Balaban J connectivity index is 1.82. The second kappa shape index (κ2) is 4.80. The second-order valence-electron chi connectivity index (χ2n) is 5.09. The molecule has 0 bridgehead atoms. The van der Waals surface area contributed by atoms with Gasteiger partial charge in [-0.15, -0.1) is 0 Å². The summed E-state index contributed by atoms with van der Waals surface area (Å²) in [6.07, 6.45) is 0.314. The lowest BCUT2D eigenvalue weighted by atomic mass is 9.99. The Morgan fingerprint density at radius 2 is 2.14 bits per heavy atom. The number of imide groups is 1. The fourth-order valence-electron chi connectivity index (χ4n) is 2.63. The van der Waals surface area contributed by atoms with Crippen LogP contribution in [0.1, 0.15) is 16.8 Å². The molecule has 1 atom stereocenters. The monoisotopic (exact) mass is 355 g/mol. The number of carbonyl (C=O) groups excluding carboxylic acids is 3. The summed E-state index contributed by atoms with van der Waals surface area (Å²) in [6, 6.07) is 3.61. The van der Waals surface area contributed by atoms with E-state index in [4.69, 9.17) is 0 Å². The van der Waals surface area contributed by atoms with E-state index in [1.54, 1.807) is 6.07 Å². The van der Waals surface area contributed by atoms with Gasteiger partial charge in [-0.05, 0) is 24.6 Å². The third kappa shape index (κ3) is 2.29. The largest absolute Gasteiger partial charge is 0.336 e. The van der Waals surface area contributed by atoms with Gasteiger partial charge in [0.2, 0.25) is 0 Å². The quantitative estimate of drug-likeness (QED) is 0.738. The number of nitrogens with zero attached hydrogens (tertiary/aromatic N) is 1. The minimum absolute atomic E-state index is 0.0406. The number of likely N-dealkylation sites (tertiary alicyclic amines) is 1. The van der Waals surface area contributed by atoms with Crippen LogP contribution in [0.15, 0.2) is 22.7 Å². The number of hydrogen-bond donors (Lipinski definition) is 2. The molecule has 6 nitrogen and oxygen atoms in total. The first-order valence-electron chi connectivity index (χ1n) is 6.29. The van der Waals surface area contributed by atoms with Crippen LogP contribution in [0.4, 0.5) is 9.18 Å². The van der Waals surface area contributed by atoms with Gasteiger partial charge in [0.05, 0.1) is 12.1 Å². The Labute approximate surface area is 127 Å². The van der Waals surface area contributed by atoms with Gasteiger partial charge in [0.25, 0.3) is 11.8 Å². The Hall–Kier alpha value is -1.96. The number of amides is 4. The lowest BCUT2D eigenvalue weighted by Crippen LogP contribution is -2.49. The second-order valence-corrected chi connectivity index (χ2v) is 6.01. The molecule has 2 heterocycles. The van der Waals surface area contributed by atoms with Crippen molar-refractivity contribution in [3.05, 3.63) is 34.1 Å². The molecule has 21 heavy (non-hydrogen) atoms. The summed E-state index contributed by atoms with van der Waals surface area (Å²) in [5.41, 5.74) is -1.14. The highest BCUT2D eigenvalue weighted by Gasteiger charge is 2.51. The molecule has 0 aromatic heterocycles. The molecule has 110 valence electrons. The maximum Gasteiger partial charge on any atom is 0.322 e. The van der Waals surface area contributed by atoms with Crippen LogP contribution >= 0.6 is 15.9 Å². The van der Waals surface area contributed by atoms with E-state index in [0.717, 1.165) is 0 Å². The van der Waals surface area contributed by atoms with Gasteiger partial charge in [0.1, 0.15) is 11.4 Å². The summed E-state index contributed by atoms with van der Waals surface area (Å²) in [4.78, 5) is 36.8. The van der Waals surface area contributed by atoms with Crippen LogP contribution in [-0.2, 0) is 4.79 Å². The normalized spacial score (nSPS) is 24.4. The van der Waals surface area contributed by atoms with Crippen molar-refractivity contribution in [1.29, 1.82) is 0 Å². The maximum atomic E-state index is 13.8. The molecule has 2 saturated heterocycles. The van der Waals surface area contributed by atoms with Gasteiger partial charge in [-0.25, -0.2) is 9.18 Å². The van der Waals surface area contributed by atoms with Crippen molar-refractivity contribution >= 4 is 33.8 Å². The number of nitrogens with one attached hydrogen (secondary N) is 2. The minimum atomic E-state index is -1.08. The van der Waals surface area contributed by atoms with Crippen LogP contribution in [0.5, 0.6) is 0 Å². The van der Waals surface area contributed by atoms with Crippen molar-refractivity contribution in [3.8, 4) is 0 Å². The molecule has 0 saturated carbocycles. The van der Waals surface area contributed by atoms with Gasteiger partial charge in [0.15, 0.2) is 0 Å². The Kier molecular flexibility index (Phi) is 3.20. The van der Waals surface area contributed by atoms with Gasteiger partial charge in [-0.3, -0.25) is 14.9 Å². The average molecular weight is 356 g/mol. The Bertz CT molecular complexity index is 666. The van der Waals surface area contributed by atoms with Crippen LogP contribution in [0.3, 0.4) is 0 Å². The molecular weight excluding hydrogens is 345 g/mol. The van der Waals surface area contributed by atoms with Crippen molar-refractivity contribution in [2.45, 2.75) is 12.0 Å². The zero-order valence-corrected chi connectivity index (χ0v) is 12.4. The molecule has 1 aromatic rings. The van der Waals surface area contributed by atoms with E-state index in [0.29, 0.717) is 10.9 Å². The zero-order valence-electron chi connectivity index (χ0n) is 10.8. The topological polar surface area (TPSA) is 78.5 Å². The molecule has 1 unspecified atom stereocenters. The summed E-state index contributed by atoms with van der Waals surface area (Å²) in [6.45, 7) is 0.320. The number of rotatable bonds is 1. The number of urea groups is 1. The molecule has 2 aliphatic heterocycles. The van der Waals surface area contributed by atoms with Crippen molar-refractivity contribution in [3.63, 3.8) is 0 Å². The van der Waals surface area contributed by atoms with E-state index in [1.807, 2.05) is 0 Å². The molecule has 2 fully saturated rings.